The Balaban J connectivity index is 1.62. The van der Waals surface area contributed by atoms with Crippen molar-refractivity contribution in [3.63, 3.8) is 0 Å². The third-order valence-corrected chi connectivity index (χ3v) is 7.89. The smallest absolute Gasteiger partial charge is 0.309 e. The zero-order valence-electron chi connectivity index (χ0n) is 15.5. The summed E-state index contributed by atoms with van der Waals surface area (Å²) in [7, 11) is 0. The summed E-state index contributed by atoms with van der Waals surface area (Å²) >= 11 is 0. The first-order valence-electron chi connectivity index (χ1n) is 9.84. The minimum atomic E-state index is -0.00413. The fraction of sp³-hybridized carbons (Fsp3) is 0.609. The maximum atomic E-state index is 12.6. The first-order valence-corrected chi connectivity index (χ1v) is 9.84. The van der Waals surface area contributed by atoms with Crippen LogP contribution in [0.25, 0.3) is 0 Å². The number of hydrogen-bond donors (Lipinski definition) is 0. The lowest BCUT2D eigenvalue weighted by Gasteiger charge is -2.55. The number of ether oxygens (including phenoxy) is 1. The Morgan fingerprint density at radius 3 is 2.96 bits per heavy atom. The van der Waals surface area contributed by atoms with Crippen molar-refractivity contribution in [2.75, 3.05) is 6.61 Å². The van der Waals surface area contributed by atoms with Gasteiger partial charge in [-0.25, -0.2) is 0 Å². The number of fused-ring (bicyclic) bond motifs is 5. The van der Waals surface area contributed by atoms with E-state index < -0.39 is 0 Å². The summed E-state index contributed by atoms with van der Waals surface area (Å²) in [6.07, 6.45) is 19.0. The third kappa shape index (κ3) is 2.40. The summed E-state index contributed by atoms with van der Waals surface area (Å²) < 4.78 is 5.44. The highest BCUT2D eigenvalue weighted by molar-refractivity contribution is 5.74. The van der Waals surface area contributed by atoms with Crippen LogP contribution in [0, 0.1) is 34.5 Å². The van der Waals surface area contributed by atoms with Gasteiger partial charge in [-0.2, -0.15) is 0 Å². The molecule has 0 spiro atoms. The lowest BCUT2D eigenvalue weighted by Crippen LogP contribution is -2.49. The van der Waals surface area contributed by atoms with E-state index in [9.17, 15) is 4.79 Å². The number of esters is 1. The van der Waals surface area contributed by atoms with Crippen LogP contribution in [0.2, 0.25) is 0 Å². The largest absolute Gasteiger partial charge is 0.461 e. The van der Waals surface area contributed by atoms with E-state index in [0.717, 1.165) is 25.7 Å². The van der Waals surface area contributed by atoms with E-state index in [4.69, 9.17) is 4.74 Å². The molecule has 6 atom stereocenters. The van der Waals surface area contributed by atoms with Crippen LogP contribution >= 0.6 is 0 Å². The molecule has 0 bridgehead atoms. The lowest BCUT2D eigenvalue weighted by atomic mass is 9.49. The van der Waals surface area contributed by atoms with Gasteiger partial charge >= 0.3 is 5.97 Å². The molecule has 0 aromatic carbocycles. The second-order valence-corrected chi connectivity index (χ2v) is 8.91. The summed E-state index contributed by atoms with van der Waals surface area (Å²) in [6, 6.07) is 0. The first-order chi connectivity index (χ1) is 12.0. The van der Waals surface area contributed by atoms with Crippen LogP contribution < -0.4 is 0 Å². The monoisotopic (exact) mass is 338 g/mol. The van der Waals surface area contributed by atoms with Gasteiger partial charge in [0, 0.05) is 0 Å². The summed E-state index contributed by atoms with van der Waals surface area (Å²) in [5.74, 6) is 1.96. The second-order valence-electron chi connectivity index (χ2n) is 8.91. The number of allylic oxidation sites excluding steroid dienone is 6. The van der Waals surface area contributed by atoms with Crippen LogP contribution in [0.4, 0.5) is 0 Å². The van der Waals surface area contributed by atoms with Crippen LogP contribution in [0.15, 0.2) is 48.6 Å². The van der Waals surface area contributed by atoms with Crippen LogP contribution in [-0.2, 0) is 9.53 Å². The average molecular weight is 338 g/mol. The van der Waals surface area contributed by atoms with Crippen molar-refractivity contribution in [3.8, 4) is 0 Å². The van der Waals surface area contributed by atoms with Gasteiger partial charge in [0.25, 0.3) is 0 Å². The van der Waals surface area contributed by atoms with Gasteiger partial charge in [-0.15, -0.1) is 0 Å². The average Bonchev–Trinajstić information content (AvgIpc) is 2.96. The molecule has 4 aliphatic carbocycles. The van der Waals surface area contributed by atoms with Gasteiger partial charge in [0.1, 0.15) is 6.61 Å². The molecule has 4 aliphatic rings. The second kappa shape index (κ2) is 6.00. The normalized spacial score (nSPS) is 44.3. The topological polar surface area (TPSA) is 26.3 Å². The maximum Gasteiger partial charge on any atom is 0.309 e. The van der Waals surface area contributed by atoms with Crippen LogP contribution in [-0.4, -0.2) is 12.6 Å². The molecule has 0 saturated heterocycles. The highest BCUT2D eigenvalue weighted by Crippen LogP contribution is 2.65. The molecule has 0 aromatic rings. The SMILES string of the molecule is C=CCOC(=O)[C@H]1CC[C@H]2[C@@H]3C=CC4=CC=CC[C@]4(C)[C@H]3CC[C@]12C. The van der Waals surface area contributed by atoms with E-state index >= 15 is 0 Å². The van der Waals surface area contributed by atoms with Crippen molar-refractivity contribution in [1.82, 2.24) is 0 Å². The number of carbonyl (C=O) groups excluding carboxylic acids is 1. The summed E-state index contributed by atoms with van der Waals surface area (Å²) in [6.45, 7) is 8.80. The zero-order chi connectivity index (χ0) is 17.7. The minimum Gasteiger partial charge on any atom is -0.461 e. The molecule has 0 aliphatic heterocycles. The third-order valence-electron chi connectivity index (χ3n) is 7.89. The fourth-order valence-electron chi connectivity index (χ4n) is 6.45. The Labute approximate surface area is 151 Å². The number of carbonyl (C=O) groups is 1. The van der Waals surface area contributed by atoms with Gasteiger partial charge in [0.2, 0.25) is 0 Å². The van der Waals surface area contributed by atoms with Gasteiger partial charge in [-0.05, 0) is 66.3 Å². The molecule has 0 amide bonds. The molecule has 2 fully saturated rings. The Bertz CT molecular complexity index is 670. The maximum absolute atomic E-state index is 12.6. The van der Waals surface area contributed by atoms with Gasteiger partial charge < -0.3 is 4.74 Å². The van der Waals surface area contributed by atoms with E-state index in [0.29, 0.717) is 24.4 Å². The number of hydrogen-bond acceptors (Lipinski definition) is 2. The van der Waals surface area contributed by atoms with E-state index in [1.54, 1.807) is 6.08 Å². The molecule has 2 heteroatoms. The molecule has 0 radical (unpaired) electrons. The molecule has 2 saturated carbocycles. The van der Waals surface area contributed by atoms with Gasteiger partial charge in [0.15, 0.2) is 0 Å². The highest BCUT2D eigenvalue weighted by atomic mass is 16.5. The van der Waals surface area contributed by atoms with Crippen LogP contribution in [0.1, 0.15) is 46.0 Å². The molecule has 0 aromatic heterocycles. The molecule has 4 rings (SSSR count). The lowest BCUT2D eigenvalue weighted by molar-refractivity contribution is -0.153. The minimum absolute atomic E-state index is 0.00413. The van der Waals surface area contributed by atoms with Gasteiger partial charge in [0.05, 0.1) is 5.92 Å². The van der Waals surface area contributed by atoms with E-state index in [1.165, 1.54) is 12.0 Å². The fourth-order valence-corrected chi connectivity index (χ4v) is 6.45. The first kappa shape index (κ1) is 16.9. The van der Waals surface area contributed by atoms with Gasteiger partial charge in [-0.3, -0.25) is 4.79 Å². The number of rotatable bonds is 3. The Morgan fingerprint density at radius 1 is 1.32 bits per heavy atom. The van der Waals surface area contributed by atoms with Crippen LogP contribution in [0.3, 0.4) is 0 Å². The summed E-state index contributed by atoms with van der Waals surface area (Å²) in [5.41, 5.74) is 1.86. The zero-order valence-corrected chi connectivity index (χ0v) is 15.5. The molecule has 134 valence electrons. The van der Waals surface area contributed by atoms with Crippen LogP contribution in [0.5, 0.6) is 0 Å². The Kier molecular flexibility index (Phi) is 4.05. The molecular formula is C23H30O2. The van der Waals surface area contributed by atoms with E-state index in [-0.39, 0.29) is 22.7 Å². The molecule has 0 heterocycles. The Morgan fingerprint density at radius 2 is 2.16 bits per heavy atom. The predicted molar refractivity (Wildman–Crippen MR) is 101 cm³/mol. The van der Waals surface area contributed by atoms with Crippen molar-refractivity contribution >= 4 is 5.97 Å². The van der Waals surface area contributed by atoms with E-state index in [2.05, 4.69) is 50.8 Å². The molecule has 2 nitrogen and oxygen atoms in total. The molecular weight excluding hydrogens is 308 g/mol. The standard InChI is InChI=1S/C23H30O2/c1-4-15-25-21(24)20-11-10-18-17-9-8-16-7-5-6-13-22(16,2)19(17)12-14-23(18,20)3/h4-9,17-20H,1,10-15H2,2-3H3/t17-,18-,19-,20+,22-,23-/m0/s1. The van der Waals surface area contributed by atoms with Crippen molar-refractivity contribution in [3.05, 3.63) is 48.6 Å². The van der Waals surface area contributed by atoms with Crippen molar-refractivity contribution in [2.24, 2.45) is 34.5 Å². The summed E-state index contributed by atoms with van der Waals surface area (Å²) in [5, 5.41) is 0. The molecule has 0 unspecified atom stereocenters. The Hall–Kier alpha value is -1.57. The van der Waals surface area contributed by atoms with Crippen molar-refractivity contribution in [1.29, 1.82) is 0 Å². The van der Waals surface area contributed by atoms with E-state index in [1.807, 2.05) is 0 Å². The quantitative estimate of drug-likeness (QED) is 0.520. The molecule has 25 heavy (non-hydrogen) atoms. The van der Waals surface area contributed by atoms with Gasteiger partial charge in [-0.1, -0.05) is 56.9 Å². The highest BCUT2D eigenvalue weighted by Gasteiger charge is 2.59. The van der Waals surface area contributed by atoms with Crippen molar-refractivity contribution < 1.29 is 9.53 Å². The molecule has 0 N–H and O–H groups in total. The summed E-state index contributed by atoms with van der Waals surface area (Å²) in [4.78, 5) is 12.6. The van der Waals surface area contributed by atoms with Crippen molar-refractivity contribution in [2.45, 2.75) is 46.0 Å². The predicted octanol–water partition coefficient (Wildman–Crippen LogP) is 5.24.